The van der Waals surface area contributed by atoms with Crippen LogP contribution in [-0.2, 0) is 21.3 Å². The second-order valence-corrected chi connectivity index (χ2v) is 10.3. The van der Waals surface area contributed by atoms with Gasteiger partial charge in [0.15, 0.2) is 0 Å². The maximum Gasteiger partial charge on any atom is 0.435 e. The van der Waals surface area contributed by atoms with Crippen LogP contribution in [0.3, 0.4) is 0 Å². The second-order valence-electron chi connectivity index (χ2n) is 7.40. The summed E-state index contributed by atoms with van der Waals surface area (Å²) in [6.07, 6.45) is 0.0952. The largest absolute Gasteiger partial charge is 0.435 e. The summed E-state index contributed by atoms with van der Waals surface area (Å²) in [4.78, 5) is 18.7. The number of nitrogens with zero attached hydrogens (tertiary/aromatic N) is 3. The maximum atomic E-state index is 13.2. The molecular weight excluding hydrogens is 445 g/mol. The number of oxime groups is 1. The van der Waals surface area contributed by atoms with E-state index in [4.69, 9.17) is 4.84 Å². The Morgan fingerprint density at radius 2 is 1.94 bits per heavy atom. The highest BCUT2D eigenvalue weighted by Gasteiger charge is 2.31. The molecule has 31 heavy (non-hydrogen) atoms. The fourth-order valence-corrected chi connectivity index (χ4v) is 6.05. The van der Waals surface area contributed by atoms with Gasteiger partial charge in [-0.15, -0.1) is 11.3 Å². The number of halogens is 1. The van der Waals surface area contributed by atoms with E-state index in [2.05, 4.69) is 5.16 Å². The summed E-state index contributed by atoms with van der Waals surface area (Å²) in [5.41, 5.74) is 1.60. The number of likely N-dealkylation sites (N-methyl/N-ethyl adjacent to an activating group) is 1. The molecule has 8 nitrogen and oxygen atoms in total. The molecule has 2 aromatic rings. The molecule has 1 heterocycles. The Kier molecular flexibility index (Phi) is 7.10. The summed E-state index contributed by atoms with van der Waals surface area (Å²) < 4.78 is 40.5. The lowest BCUT2D eigenvalue weighted by Crippen LogP contribution is -2.32. The van der Waals surface area contributed by atoms with Gasteiger partial charge in [0, 0.05) is 33.1 Å². The Labute approximate surface area is 184 Å². The van der Waals surface area contributed by atoms with Gasteiger partial charge in [0.2, 0.25) is 10.0 Å². The number of carbonyl (C=O) groups excluding carboxylic acids is 1. The molecule has 1 aliphatic rings. The molecule has 1 N–H and O–H groups in total. The zero-order valence-electron chi connectivity index (χ0n) is 17.4. The molecule has 1 atom stereocenters. The Balaban J connectivity index is 1.81. The van der Waals surface area contributed by atoms with Crippen molar-refractivity contribution in [2.45, 2.75) is 30.3 Å². The maximum absolute atomic E-state index is 13.2. The van der Waals surface area contributed by atoms with Crippen LogP contribution < -0.4 is 0 Å². The van der Waals surface area contributed by atoms with Crippen molar-refractivity contribution in [3.63, 3.8) is 0 Å². The van der Waals surface area contributed by atoms with E-state index in [0.29, 0.717) is 41.0 Å². The van der Waals surface area contributed by atoms with E-state index in [9.17, 15) is 22.7 Å². The van der Waals surface area contributed by atoms with Crippen LogP contribution in [0.1, 0.15) is 34.9 Å². The van der Waals surface area contributed by atoms with Crippen LogP contribution >= 0.6 is 11.3 Å². The van der Waals surface area contributed by atoms with Crippen molar-refractivity contribution >= 4 is 33.2 Å². The molecule has 3 rings (SSSR count). The number of amides is 1. The molecule has 0 fully saturated rings. The van der Waals surface area contributed by atoms with E-state index in [1.54, 1.807) is 19.5 Å². The smallest absolute Gasteiger partial charge is 0.387 e. The van der Waals surface area contributed by atoms with Crippen molar-refractivity contribution < 1.29 is 27.5 Å². The van der Waals surface area contributed by atoms with Gasteiger partial charge in [-0.2, -0.15) is 4.31 Å². The standard InChI is InChI=1S/C20H24FN3O5S2/c1-23(2)20(26)29-22-16-6-4-5-15-18(12-30-19(15)16)31(27,28)24(3)11-17(25)13-7-9-14(21)10-8-13/h7-10,12,17,25H,4-6,11H2,1-3H3/b22-16-. The third-order valence-corrected chi connectivity index (χ3v) is 8.04. The lowest BCUT2D eigenvalue weighted by molar-refractivity contribution is 0.122. The van der Waals surface area contributed by atoms with Crippen molar-refractivity contribution in [1.82, 2.24) is 9.21 Å². The van der Waals surface area contributed by atoms with Gasteiger partial charge >= 0.3 is 6.09 Å². The number of aliphatic hydroxyl groups excluding tert-OH is 1. The molecule has 0 spiro atoms. The minimum atomic E-state index is -3.88. The fraction of sp³-hybridized carbons (Fsp3) is 0.400. The van der Waals surface area contributed by atoms with Gasteiger partial charge in [0.05, 0.1) is 21.6 Å². The highest BCUT2D eigenvalue weighted by molar-refractivity contribution is 7.89. The Morgan fingerprint density at radius 1 is 1.26 bits per heavy atom. The van der Waals surface area contributed by atoms with Crippen molar-refractivity contribution in [3.8, 4) is 0 Å². The van der Waals surface area contributed by atoms with E-state index in [0.717, 1.165) is 4.31 Å². The van der Waals surface area contributed by atoms with Crippen LogP contribution in [0, 0.1) is 5.82 Å². The van der Waals surface area contributed by atoms with Crippen LogP contribution in [0.4, 0.5) is 9.18 Å². The molecule has 1 unspecified atom stereocenters. The lowest BCUT2D eigenvalue weighted by Gasteiger charge is -2.22. The fourth-order valence-electron chi connectivity index (χ4n) is 3.17. The van der Waals surface area contributed by atoms with E-state index >= 15 is 0 Å². The number of hydrogen-bond donors (Lipinski definition) is 1. The molecule has 0 bridgehead atoms. The predicted molar refractivity (Wildman–Crippen MR) is 115 cm³/mol. The molecule has 1 amide bonds. The van der Waals surface area contributed by atoms with E-state index in [1.165, 1.54) is 47.5 Å². The zero-order chi connectivity index (χ0) is 22.8. The van der Waals surface area contributed by atoms with E-state index < -0.39 is 28.0 Å². The second kappa shape index (κ2) is 9.43. The number of fused-ring (bicyclic) bond motifs is 1. The number of carbonyl (C=O) groups is 1. The SMILES string of the molecule is CN(C)C(=O)O/N=C1/CCCc2c(S(=O)(=O)N(C)CC(O)c3ccc(F)cc3)csc21. The van der Waals surface area contributed by atoms with Gasteiger partial charge in [-0.1, -0.05) is 17.3 Å². The molecular formula is C20H24FN3O5S2. The molecule has 0 saturated carbocycles. The molecule has 1 aliphatic carbocycles. The number of thiophene rings is 1. The van der Waals surface area contributed by atoms with Crippen molar-refractivity contribution in [3.05, 3.63) is 51.5 Å². The number of benzene rings is 1. The van der Waals surface area contributed by atoms with Gasteiger partial charge in [-0.25, -0.2) is 17.6 Å². The molecule has 0 aliphatic heterocycles. The minimum Gasteiger partial charge on any atom is -0.387 e. The average molecular weight is 470 g/mol. The van der Waals surface area contributed by atoms with Crippen LogP contribution in [0.25, 0.3) is 0 Å². The molecule has 0 saturated heterocycles. The summed E-state index contributed by atoms with van der Waals surface area (Å²) in [7, 11) is 0.599. The van der Waals surface area contributed by atoms with Crippen LogP contribution in [0.15, 0.2) is 39.7 Å². The van der Waals surface area contributed by atoms with Crippen molar-refractivity contribution in [2.24, 2.45) is 5.16 Å². The lowest BCUT2D eigenvalue weighted by atomic mass is 9.98. The normalized spacial score (nSPS) is 16.3. The Hall–Kier alpha value is -2.34. The summed E-state index contributed by atoms with van der Waals surface area (Å²) in [5.74, 6) is -0.435. The first-order valence-corrected chi connectivity index (χ1v) is 11.9. The molecule has 11 heteroatoms. The number of hydrogen-bond acceptors (Lipinski definition) is 7. The first-order chi connectivity index (χ1) is 14.6. The molecule has 1 aromatic carbocycles. The van der Waals surface area contributed by atoms with Gasteiger partial charge in [0.25, 0.3) is 0 Å². The molecule has 168 valence electrons. The average Bonchev–Trinajstić information content (AvgIpc) is 3.17. The quantitative estimate of drug-likeness (QED) is 0.518. The molecule has 0 radical (unpaired) electrons. The van der Waals surface area contributed by atoms with Crippen molar-refractivity contribution in [1.29, 1.82) is 0 Å². The first kappa shape index (κ1) is 23.3. The number of aliphatic hydroxyl groups is 1. The minimum absolute atomic E-state index is 0.160. The topological polar surface area (TPSA) is 99.5 Å². The van der Waals surface area contributed by atoms with Crippen molar-refractivity contribution in [2.75, 3.05) is 27.7 Å². The number of sulfonamides is 1. The third kappa shape index (κ3) is 5.12. The van der Waals surface area contributed by atoms with Crippen LogP contribution in [0.2, 0.25) is 0 Å². The van der Waals surface area contributed by atoms with Gasteiger partial charge in [0.1, 0.15) is 5.82 Å². The van der Waals surface area contributed by atoms with Gasteiger partial charge < -0.3 is 10.0 Å². The van der Waals surface area contributed by atoms with E-state index in [-0.39, 0.29) is 11.4 Å². The summed E-state index contributed by atoms with van der Waals surface area (Å²) in [6.45, 7) is -0.181. The Morgan fingerprint density at radius 3 is 2.58 bits per heavy atom. The van der Waals surface area contributed by atoms with Crippen LogP contribution in [-0.4, -0.2) is 62.2 Å². The monoisotopic (exact) mass is 469 g/mol. The van der Waals surface area contributed by atoms with Crippen LogP contribution in [0.5, 0.6) is 0 Å². The summed E-state index contributed by atoms with van der Waals surface area (Å²) >= 11 is 1.24. The Bertz CT molecular complexity index is 1080. The highest BCUT2D eigenvalue weighted by Crippen LogP contribution is 2.35. The third-order valence-electron chi connectivity index (χ3n) is 4.93. The summed E-state index contributed by atoms with van der Waals surface area (Å²) in [5, 5.41) is 15.9. The summed E-state index contributed by atoms with van der Waals surface area (Å²) in [6, 6.07) is 5.27. The predicted octanol–water partition coefficient (Wildman–Crippen LogP) is 2.98. The van der Waals surface area contributed by atoms with Gasteiger partial charge in [-0.05, 0) is 42.5 Å². The van der Waals surface area contributed by atoms with E-state index in [1.807, 2.05) is 0 Å². The molecule has 1 aromatic heterocycles. The zero-order valence-corrected chi connectivity index (χ0v) is 19.0. The first-order valence-electron chi connectivity index (χ1n) is 9.57. The number of rotatable bonds is 6. The highest BCUT2D eigenvalue weighted by atomic mass is 32.2. The van der Waals surface area contributed by atoms with Gasteiger partial charge in [-0.3, -0.25) is 4.84 Å².